The lowest BCUT2D eigenvalue weighted by molar-refractivity contribution is -0.139. The van der Waals surface area contributed by atoms with E-state index in [1.165, 1.54) is 7.11 Å². The monoisotopic (exact) mass is 344 g/mol. The molecule has 6 heteroatoms. The first-order chi connectivity index (χ1) is 11.8. The Labute approximate surface area is 147 Å². The van der Waals surface area contributed by atoms with E-state index in [0.717, 1.165) is 22.6 Å². The van der Waals surface area contributed by atoms with Crippen LogP contribution in [0.4, 0.5) is 0 Å². The minimum Gasteiger partial charge on any atom is -0.480 e. The molecule has 0 bridgehead atoms. The molecule has 2 rings (SSSR count). The molecule has 1 atom stereocenters. The van der Waals surface area contributed by atoms with Crippen molar-refractivity contribution in [3.63, 3.8) is 0 Å². The quantitative estimate of drug-likeness (QED) is 0.809. The molecule has 0 saturated carbocycles. The molecule has 0 aliphatic carbocycles. The third-order valence-electron chi connectivity index (χ3n) is 4.12. The van der Waals surface area contributed by atoms with E-state index in [1.807, 2.05) is 49.6 Å². The van der Waals surface area contributed by atoms with Crippen LogP contribution >= 0.6 is 0 Å². The van der Waals surface area contributed by atoms with E-state index in [9.17, 15) is 14.7 Å². The Bertz CT molecular complexity index is 760. The van der Waals surface area contributed by atoms with Crippen LogP contribution in [-0.4, -0.2) is 41.3 Å². The molecular weight excluding hydrogens is 320 g/mol. The number of methoxy groups -OCH3 is 1. The van der Waals surface area contributed by atoms with Crippen molar-refractivity contribution in [1.29, 1.82) is 0 Å². The van der Waals surface area contributed by atoms with Crippen molar-refractivity contribution >= 4 is 11.9 Å². The van der Waals surface area contributed by atoms with Crippen LogP contribution in [0.15, 0.2) is 30.3 Å². The molecule has 0 spiro atoms. The van der Waals surface area contributed by atoms with Gasteiger partial charge in [0.15, 0.2) is 0 Å². The molecule has 0 aliphatic heterocycles. The molecule has 2 aromatic rings. The fourth-order valence-corrected chi connectivity index (χ4v) is 2.80. The van der Waals surface area contributed by atoms with Crippen LogP contribution in [0.25, 0.3) is 5.69 Å². The second-order valence-electron chi connectivity index (χ2n) is 6.12. The van der Waals surface area contributed by atoms with E-state index in [2.05, 4.69) is 5.32 Å². The zero-order valence-electron chi connectivity index (χ0n) is 15.0. The molecule has 0 fully saturated rings. The Hall–Kier alpha value is -2.60. The molecule has 6 nitrogen and oxygen atoms in total. The largest absolute Gasteiger partial charge is 0.480 e. The van der Waals surface area contributed by atoms with Gasteiger partial charge in [-0.2, -0.15) is 0 Å². The molecule has 0 aliphatic rings. The summed E-state index contributed by atoms with van der Waals surface area (Å²) in [6, 6.07) is 8.57. The van der Waals surface area contributed by atoms with Gasteiger partial charge in [-0.05, 0) is 45.0 Å². The predicted molar refractivity (Wildman–Crippen MR) is 95.4 cm³/mol. The summed E-state index contributed by atoms with van der Waals surface area (Å²) in [4.78, 5) is 24.2. The summed E-state index contributed by atoms with van der Waals surface area (Å²) in [7, 11) is 1.50. The number of carboxylic acids is 1. The molecular formula is C19H24N2O4. The number of amides is 1. The number of carboxylic acid groups (broad SMARTS) is 1. The van der Waals surface area contributed by atoms with Gasteiger partial charge in [0, 0.05) is 31.5 Å². The molecule has 1 amide bonds. The van der Waals surface area contributed by atoms with Crippen LogP contribution in [-0.2, 0) is 9.53 Å². The average molecular weight is 344 g/mol. The lowest BCUT2D eigenvalue weighted by atomic mass is 10.1. The number of rotatable bonds is 7. The number of ether oxygens (including phenoxy) is 1. The normalized spacial score (nSPS) is 12.0. The van der Waals surface area contributed by atoms with Crippen LogP contribution < -0.4 is 5.32 Å². The summed E-state index contributed by atoms with van der Waals surface area (Å²) in [6.45, 7) is 6.09. The smallest absolute Gasteiger partial charge is 0.326 e. The van der Waals surface area contributed by atoms with E-state index in [4.69, 9.17) is 4.74 Å². The predicted octanol–water partition coefficient (Wildman–Crippen LogP) is 2.62. The Balaban J connectivity index is 2.39. The molecule has 1 heterocycles. The highest BCUT2D eigenvalue weighted by Gasteiger charge is 2.23. The maximum atomic E-state index is 12.8. The minimum atomic E-state index is -1.08. The lowest BCUT2D eigenvalue weighted by Crippen LogP contribution is -2.41. The topological polar surface area (TPSA) is 80.6 Å². The van der Waals surface area contributed by atoms with Crippen molar-refractivity contribution in [3.8, 4) is 5.69 Å². The highest BCUT2D eigenvalue weighted by molar-refractivity contribution is 6.00. The summed E-state index contributed by atoms with van der Waals surface area (Å²) in [5, 5.41) is 11.9. The van der Waals surface area contributed by atoms with Crippen LogP contribution in [0.3, 0.4) is 0 Å². The zero-order chi connectivity index (χ0) is 18.6. The van der Waals surface area contributed by atoms with Gasteiger partial charge in [0.1, 0.15) is 6.04 Å². The molecule has 0 radical (unpaired) electrons. The number of nitrogens with zero attached hydrogens (tertiary/aromatic N) is 1. The molecule has 25 heavy (non-hydrogen) atoms. The summed E-state index contributed by atoms with van der Waals surface area (Å²) in [5.41, 5.74) is 4.12. The summed E-state index contributed by atoms with van der Waals surface area (Å²) < 4.78 is 6.91. The Morgan fingerprint density at radius 2 is 1.80 bits per heavy atom. The van der Waals surface area contributed by atoms with Gasteiger partial charge in [-0.15, -0.1) is 0 Å². The number of carbonyl (C=O) groups is 2. The molecule has 2 N–H and O–H groups in total. The van der Waals surface area contributed by atoms with Gasteiger partial charge in [0.25, 0.3) is 5.91 Å². The molecule has 1 unspecified atom stereocenters. The van der Waals surface area contributed by atoms with Crippen molar-refractivity contribution < 1.29 is 19.4 Å². The van der Waals surface area contributed by atoms with Gasteiger partial charge in [0.05, 0.1) is 11.3 Å². The van der Waals surface area contributed by atoms with Crippen molar-refractivity contribution in [2.75, 3.05) is 13.7 Å². The first kappa shape index (κ1) is 18.7. The fourth-order valence-electron chi connectivity index (χ4n) is 2.80. The lowest BCUT2D eigenvalue weighted by Gasteiger charge is -2.18. The minimum absolute atomic E-state index is 0.209. The molecule has 0 saturated heterocycles. The number of nitrogens with one attached hydrogen (secondary N) is 1. The Morgan fingerprint density at radius 3 is 2.36 bits per heavy atom. The number of hydrogen-bond donors (Lipinski definition) is 2. The third-order valence-corrected chi connectivity index (χ3v) is 4.12. The number of hydrogen-bond acceptors (Lipinski definition) is 3. The number of aryl methyl sites for hydroxylation is 3. The Morgan fingerprint density at radius 1 is 1.16 bits per heavy atom. The van der Waals surface area contributed by atoms with Gasteiger partial charge in [-0.25, -0.2) is 4.79 Å². The van der Waals surface area contributed by atoms with Crippen LogP contribution in [0.1, 0.15) is 33.7 Å². The fraction of sp³-hybridized carbons (Fsp3) is 0.368. The average Bonchev–Trinajstić information content (AvgIpc) is 2.90. The van der Waals surface area contributed by atoms with Gasteiger partial charge < -0.3 is 19.7 Å². The first-order valence-electron chi connectivity index (χ1n) is 8.13. The molecule has 134 valence electrons. The highest BCUT2D eigenvalue weighted by Crippen LogP contribution is 2.22. The van der Waals surface area contributed by atoms with E-state index < -0.39 is 17.9 Å². The van der Waals surface area contributed by atoms with E-state index in [0.29, 0.717) is 5.56 Å². The van der Waals surface area contributed by atoms with Crippen molar-refractivity contribution in [3.05, 3.63) is 52.8 Å². The molecule has 1 aromatic carbocycles. The highest BCUT2D eigenvalue weighted by atomic mass is 16.5. The van der Waals surface area contributed by atoms with Crippen molar-refractivity contribution in [1.82, 2.24) is 9.88 Å². The van der Waals surface area contributed by atoms with Crippen LogP contribution in [0.5, 0.6) is 0 Å². The van der Waals surface area contributed by atoms with E-state index >= 15 is 0 Å². The first-order valence-corrected chi connectivity index (χ1v) is 8.13. The molecule has 1 aromatic heterocycles. The second kappa shape index (κ2) is 7.98. The third kappa shape index (κ3) is 4.28. The summed E-state index contributed by atoms with van der Waals surface area (Å²) in [6.07, 6.45) is 0.209. The number of carbonyl (C=O) groups excluding carboxylic acids is 1. The zero-order valence-corrected chi connectivity index (χ0v) is 15.0. The van der Waals surface area contributed by atoms with E-state index in [1.54, 1.807) is 6.07 Å². The summed E-state index contributed by atoms with van der Waals surface area (Å²) in [5.74, 6) is -1.48. The number of aliphatic carboxylic acids is 1. The van der Waals surface area contributed by atoms with Crippen LogP contribution in [0, 0.1) is 20.8 Å². The number of aromatic nitrogens is 1. The van der Waals surface area contributed by atoms with Crippen molar-refractivity contribution in [2.45, 2.75) is 33.2 Å². The standard InChI is InChI=1S/C19H24N2O4/c1-12-5-8-17(21-13(2)6-7-14(21)3)15(11-12)18(22)20-16(19(23)24)9-10-25-4/h5-8,11,16H,9-10H2,1-4H3,(H,20,22)(H,23,24). The van der Waals surface area contributed by atoms with Gasteiger partial charge in [0.2, 0.25) is 0 Å². The maximum absolute atomic E-state index is 12.8. The Kier molecular flexibility index (Phi) is 5.98. The SMILES string of the molecule is COCCC(NC(=O)c1cc(C)ccc1-n1c(C)ccc1C)C(=O)O. The van der Waals surface area contributed by atoms with E-state index in [-0.39, 0.29) is 13.0 Å². The second-order valence-corrected chi connectivity index (χ2v) is 6.12. The summed E-state index contributed by atoms with van der Waals surface area (Å²) >= 11 is 0. The van der Waals surface area contributed by atoms with Gasteiger partial charge in [-0.3, -0.25) is 4.79 Å². The van der Waals surface area contributed by atoms with Gasteiger partial charge in [-0.1, -0.05) is 11.6 Å². The van der Waals surface area contributed by atoms with Gasteiger partial charge >= 0.3 is 5.97 Å². The maximum Gasteiger partial charge on any atom is 0.326 e. The number of benzene rings is 1. The van der Waals surface area contributed by atoms with Crippen LogP contribution in [0.2, 0.25) is 0 Å². The van der Waals surface area contributed by atoms with Crippen molar-refractivity contribution in [2.24, 2.45) is 0 Å².